The fourth-order valence-corrected chi connectivity index (χ4v) is 2.64. The van der Waals surface area contributed by atoms with Gasteiger partial charge in [-0.2, -0.15) is 5.10 Å². The van der Waals surface area contributed by atoms with Crippen molar-refractivity contribution in [1.29, 1.82) is 0 Å². The van der Waals surface area contributed by atoms with Crippen LogP contribution in [0.2, 0.25) is 0 Å². The molecular formula is C21H23N3O3. The first-order valence-electron chi connectivity index (χ1n) is 8.94. The molecule has 1 aromatic heterocycles. The number of H-pyrrole nitrogens is 1. The topological polar surface area (TPSA) is 76.2 Å². The van der Waals surface area contributed by atoms with Gasteiger partial charge < -0.3 is 14.8 Å². The van der Waals surface area contributed by atoms with E-state index >= 15 is 0 Å². The molecule has 0 aliphatic rings. The Hall–Kier alpha value is -3.28. The summed E-state index contributed by atoms with van der Waals surface area (Å²) in [4.78, 5) is 12.7. The van der Waals surface area contributed by atoms with Crippen LogP contribution in [-0.2, 0) is 0 Å². The predicted molar refractivity (Wildman–Crippen MR) is 105 cm³/mol. The van der Waals surface area contributed by atoms with E-state index in [4.69, 9.17) is 9.47 Å². The Morgan fingerprint density at radius 3 is 2.48 bits per heavy atom. The Kier molecular flexibility index (Phi) is 5.76. The average molecular weight is 365 g/mol. The molecule has 0 atom stereocenters. The number of carbonyl (C=O) groups is 1. The maximum absolute atomic E-state index is 12.7. The number of nitrogens with zero attached hydrogens (tertiary/aromatic N) is 1. The Bertz CT molecular complexity index is 917. The highest BCUT2D eigenvalue weighted by molar-refractivity contribution is 6.04. The van der Waals surface area contributed by atoms with Gasteiger partial charge in [0, 0.05) is 11.6 Å². The number of carbonyl (C=O) groups excluding carboxylic acids is 1. The number of anilines is 1. The van der Waals surface area contributed by atoms with Crippen molar-refractivity contribution >= 4 is 11.6 Å². The molecule has 0 saturated heterocycles. The lowest BCUT2D eigenvalue weighted by molar-refractivity contribution is 0.102. The zero-order valence-corrected chi connectivity index (χ0v) is 15.7. The standard InChI is InChI=1S/C21H23N3O3/c1-4-26-16-10-11-20(27-5-2)18(12-16)22-21(25)19-13-17(23-24-19)15-8-6-14(3)7-9-15/h6-13H,4-5H2,1-3H3,(H,22,25)(H,23,24). The fraction of sp³-hybridized carbons (Fsp3) is 0.238. The van der Waals surface area contributed by atoms with Gasteiger partial charge in [0.2, 0.25) is 0 Å². The zero-order valence-electron chi connectivity index (χ0n) is 15.7. The molecule has 6 heteroatoms. The van der Waals surface area contributed by atoms with E-state index in [0.29, 0.717) is 41.8 Å². The largest absolute Gasteiger partial charge is 0.494 e. The molecule has 2 N–H and O–H groups in total. The predicted octanol–water partition coefficient (Wildman–Crippen LogP) is 4.43. The summed E-state index contributed by atoms with van der Waals surface area (Å²) in [6.07, 6.45) is 0. The van der Waals surface area contributed by atoms with Crippen LogP contribution in [0, 0.1) is 6.92 Å². The number of aryl methyl sites for hydroxylation is 1. The molecule has 0 saturated carbocycles. The lowest BCUT2D eigenvalue weighted by Crippen LogP contribution is -2.13. The third kappa shape index (κ3) is 4.47. The number of hydrogen-bond donors (Lipinski definition) is 2. The van der Waals surface area contributed by atoms with Gasteiger partial charge in [-0.05, 0) is 39.0 Å². The minimum Gasteiger partial charge on any atom is -0.494 e. The molecule has 0 aliphatic heterocycles. The lowest BCUT2D eigenvalue weighted by atomic mass is 10.1. The second kappa shape index (κ2) is 8.40. The first kappa shape index (κ1) is 18.5. The molecule has 27 heavy (non-hydrogen) atoms. The van der Waals surface area contributed by atoms with Crippen LogP contribution in [0.25, 0.3) is 11.3 Å². The molecule has 1 heterocycles. The van der Waals surface area contributed by atoms with Crippen molar-refractivity contribution in [3.8, 4) is 22.8 Å². The first-order chi connectivity index (χ1) is 13.1. The van der Waals surface area contributed by atoms with Gasteiger partial charge >= 0.3 is 0 Å². The van der Waals surface area contributed by atoms with E-state index in [0.717, 1.165) is 5.56 Å². The molecule has 3 aromatic rings. The Labute approximate surface area is 158 Å². The highest BCUT2D eigenvalue weighted by atomic mass is 16.5. The van der Waals surface area contributed by atoms with E-state index in [9.17, 15) is 4.79 Å². The van der Waals surface area contributed by atoms with Crippen molar-refractivity contribution in [3.05, 3.63) is 59.8 Å². The van der Waals surface area contributed by atoms with Crippen molar-refractivity contribution in [2.45, 2.75) is 20.8 Å². The summed E-state index contributed by atoms with van der Waals surface area (Å²) in [6, 6.07) is 15.1. The van der Waals surface area contributed by atoms with Gasteiger partial charge in [-0.3, -0.25) is 9.89 Å². The number of ether oxygens (including phenoxy) is 2. The molecular weight excluding hydrogens is 342 g/mol. The molecule has 0 aliphatic carbocycles. The van der Waals surface area contributed by atoms with E-state index in [1.54, 1.807) is 18.2 Å². The number of aromatic nitrogens is 2. The van der Waals surface area contributed by atoms with Gasteiger partial charge in [-0.15, -0.1) is 0 Å². The minimum atomic E-state index is -0.296. The molecule has 1 amide bonds. The molecule has 0 bridgehead atoms. The van der Waals surface area contributed by atoms with Gasteiger partial charge in [0.25, 0.3) is 5.91 Å². The Morgan fingerprint density at radius 1 is 1.04 bits per heavy atom. The van der Waals surface area contributed by atoms with Crippen molar-refractivity contribution < 1.29 is 14.3 Å². The zero-order chi connectivity index (χ0) is 19.2. The molecule has 2 aromatic carbocycles. The maximum atomic E-state index is 12.7. The second-order valence-corrected chi connectivity index (χ2v) is 6.01. The summed E-state index contributed by atoms with van der Waals surface area (Å²) >= 11 is 0. The molecule has 140 valence electrons. The molecule has 0 unspecified atom stereocenters. The summed E-state index contributed by atoms with van der Waals surface area (Å²) in [6.45, 7) is 6.87. The number of aromatic amines is 1. The van der Waals surface area contributed by atoms with Gasteiger partial charge in [0.15, 0.2) is 0 Å². The Morgan fingerprint density at radius 2 is 1.78 bits per heavy atom. The van der Waals surface area contributed by atoms with Crippen molar-refractivity contribution in [1.82, 2.24) is 10.2 Å². The summed E-state index contributed by atoms with van der Waals surface area (Å²) in [5.74, 6) is 0.962. The van der Waals surface area contributed by atoms with Crippen LogP contribution >= 0.6 is 0 Å². The normalized spacial score (nSPS) is 10.5. The number of hydrogen-bond acceptors (Lipinski definition) is 4. The van der Waals surface area contributed by atoms with Gasteiger partial charge in [-0.25, -0.2) is 0 Å². The van der Waals surface area contributed by atoms with Gasteiger partial charge in [-0.1, -0.05) is 29.8 Å². The van der Waals surface area contributed by atoms with Crippen LogP contribution < -0.4 is 14.8 Å². The minimum absolute atomic E-state index is 0.296. The van der Waals surface area contributed by atoms with Gasteiger partial charge in [0.1, 0.15) is 17.2 Å². The van der Waals surface area contributed by atoms with Crippen LogP contribution in [-0.4, -0.2) is 29.3 Å². The number of benzene rings is 2. The van der Waals surface area contributed by atoms with E-state index in [1.165, 1.54) is 5.56 Å². The summed E-state index contributed by atoms with van der Waals surface area (Å²) in [5.41, 5.74) is 3.76. The molecule has 0 radical (unpaired) electrons. The van der Waals surface area contributed by atoms with E-state index < -0.39 is 0 Å². The number of amides is 1. The molecule has 0 spiro atoms. The van der Waals surface area contributed by atoms with Crippen molar-refractivity contribution in [2.24, 2.45) is 0 Å². The summed E-state index contributed by atoms with van der Waals surface area (Å²) in [7, 11) is 0. The third-order valence-corrected chi connectivity index (χ3v) is 3.98. The average Bonchev–Trinajstić information content (AvgIpc) is 3.15. The Balaban J connectivity index is 1.81. The van der Waals surface area contributed by atoms with E-state index in [1.807, 2.05) is 51.1 Å². The number of nitrogens with one attached hydrogen (secondary N) is 2. The van der Waals surface area contributed by atoms with Crippen LogP contribution in [0.1, 0.15) is 29.9 Å². The second-order valence-electron chi connectivity index (χ2n) is 6.01. The highest BCUT2D eigenvalue weighted by Gasteiger charge is 2.14. The first-order valence-corrected chi connectivity index (χ1v) is 8.94. The van der Waals surface area contributed by atoms with Crippen LogP contribution in [0.4, 0.5) is 5.69 Å². The highest BCUT2D eigenvalue weighted by Crippen LogP contribution is 2.30. The monoisotopic (exact) mass is 365 g/mol. The summed E-state index contributed by atoms with van der Waals surface area (Å²) in [5, 5.41) is 9.91. The molecule has 6 nitrogen and oxygen atoms in total. The SMILES string of the molecule is CCOc1ccc(OCC)c(NC(=O)c2cc(-c3ccc(C)cc3)n[nH]2)c1. The van der Waals surface area contributed by atoms with Crippen molar-refractivity contribution in [2.75, 3.05) is 18.5 Å². The lowest BCUT2D eigenvalue weighted by Gasteiger charge is -2.13. The molecule has 0 fully saturated rings. The van der Waals surface area contributed by atoms with Crippen molar-refractivity contribution in [3.63, 3.8) is 0 Å². The third-order valence-electron chi connectivity index (χ3n) is 3.98. The smallest absolute Gasteiger partial charge is 0.273 e. The number of rotatable bonds is 7. The van der Waals surface area contributed by atoms with Crippen LogP contribution in [0.15, 0.2) is 48.5 Å². The van der Waals surface area contributed by atoms with E-state index in [-0.39, 0.29) is 5.91 Å². The fourth-order valence-electron chi connectivity index (χ4n) is 2.64. The van der Waals surface area contributed by atoms with Crippen LogP contribution in [0.3, 0.4) is 0 Å². The van der Waals surface area contributed by atoms with Crippen LogP contribution in [0.5, 0.6) is 11.5 Å². The quantitative estimate of drug-likeness (QED) is 0.649. The summed E-state index contributed by atoms with van der Waals surface area (Å²) < 4.78 is 11.1. The maximum Gasteiger partial charge on any atom is 0.273 e. The van der Waals surface area contributed by atoms with Gasteiger partial charge in [0.05, 0.1) is 24.6 Å². The molecule has 3 rings (SSSR count). The van der Waals surface area contributed by atoms with E-state index in [2.05, 4.69) is 15.5 Å².